The van der Waals surface area contributed by atoms with Crippen molar-refractivity contribution in [2.75, 3.05) is 6.54 Å². The molecule has 0 saturated carbocycles. The summed E-state index contributed by atoms with van der Waals surface area (Å²) in [6, 6.07) is 0.335. The SMILES string of the molecule is CCCNC(C)c1cnc(-c2ncc(C)cn2)s1. The smallest absolute Gasteiger partial charge is 0.188 e. The highest BCUT2D eigenvalue weighted by Crippen LogP contribution is 2.26. The van der Waals surface area contributed by atoms with E-state index in [1.807, 2.05) is 25.5 Å². The summed E-state index contributed by atoms with van der Waals surface area (Å²) in [5, 5.41) is 4.34. The van der Waals surface area contributed by atoms with Crippen molar-refractivity contribution >= 4 is 11.3 Å². The Morgan fingerprint density at radius 3 is 2.61 bits per heavy atom. The lowest BCUT2D eigenvalue weighted by Crippen LogP contribution is -2.18. The van der Waals surface area contributed by atoms with Crippen LogP contribution in [0.2, 0.25) is 0 Å². The zero-order valence-corrected chi connectivity index (χ0v) is 11.8. The van der Waals surface area contributed by atoms with Crippen LogP contribution in [0.5, 0.6) is 0 Å². The highest BCUT2D eigenvalue weighted by molar-refractivity contribution is 7.15. The summed E-state index contributed by atoms with van der Waals surface area (Å²) < 4.78 is 0. The van der Waals surface area contributed by atoms with Crippen LogP contribution in [0.3, 0.4) is 0 Å². The second-order valence-electron chi connectivity index (χ2n) is 4.33. The Hall–Kier alpha value is -1.33. The lowest BCUT2D eigenvalue weighted by Gasteiger charge is -2.09. The number of hydrogen-bond donors (Lipinski definition) is 1. The van der Waals surface area contributed by atoms with E-state index in [9.17, 15) is 0 Å². The van der Waals surface area contributed by atoms with Crippen molar-refractivity contribution in [1.29, 1.82) is 0 Å². The van der Waals surface area contributed by atoms with Gasteiger partial charge in [-0.1, -0.05) is 6.92 Å². The van der Waals surface area contributed by atoms with E-state index in [4.69, 9.17) is 0 Å². The lowest BCUT2D eigenvalue weighted by atomic mass is 10.3. The summed E-state index contributed by atoms with van der Waals surface area (Å²) in [5.74, 6) is 0.708. The molecule has 1 N–H and O–H groups in total. The molecule has 2 rings (SSSR count). The van der Waals surface area contributed by atoms with Gasteiger partial charge in [-0.3, -0.25) is 0 Å². The standard InChI is InChI=1S/C13H18N4S/c1-4-5-14-10(3)11-8-17-13(18-11)12-15-6-9(2)7-16-12/h6-8,10,14H,4-5H2,1-3H3. The van der Waals surface area contributed by atoms with Gasteiger partial charge in [-0.2, -0.15) is 0 Å². The van der Waals surface area contributed by atoms with Crippen molar-refractivity contribution in [1.82, 2.24) is 20.3 Å². The van der Waals surface area contributed by atoms with Crippen LogP contribution in [-0.2, 0) is 0 Å². The highest BCUT2D eigenvalue weighted by Gasteiger charge is 2.11. The molecule has 0 saturated heterocycles. The van der Waals surface area contributed by atoms with Gasteiger partial charge in [0.1, 0.15) is 0 Å². The second-order valence-corrected chi connectivity index (χ2v) is 5.39. The van der Waals surface area contributed by atoms with E-state index in [1.54, 1.807) is 11.3 Å². The molecule has 4 nitrogen and oxygen atoms in total. The molecule has 0 aliphatic rings. The van der Waals surface area contributed by atoms with E-state index in [0.29, 0.717) is 11.9 Å². The number of nitrogens with one attached hydrogen (secondary N) is 1. The van der Waals surface area contributed by atoms with E-state index in [1.165, 1.54) is 4.88 Å². The van der Waals surface area contributed by atoms with Crippen LogP contribution < -0.4 is 5.32 Å². The number of aromatic nitrogens is 3. The molecule has 0 radical (unpaired) electrons. The first-order chi connectivity index (χ1) is 8.70. The lowest BCUT2D eigenvalue weighted by molar-refractivity contribution is 0.577. The van der Waals surface area contributed by atoms with Gasteiger partial charge in [-0.25, -0.2) is 15.0 Å². The van der Waals surface area contributed by atoms with Gasteiger partial charge in [0.15, 0.2) is 10.8 Å². The molecule has 5 heteroatoms. The summed E-state index contributed by atoms with van der Waals surface area (Å²) in [4.78, 5) is 14.2. The topological polar surface area (TPSA) is 50.7 Å². The van der Waals surface area contributed by atoms with E-state index in [2.05, 4.69) is 34.1 Å². The molecule has 0 bridgehead atoms. The Morgan fingerprint density at radius 2 is 1.94 bits per heavy atom. The number of aryl methyl sites for hydroxylation is 1. The Bertz CT molecular complexity index is 492. The molecular formula is C13H18N4S. The molecule has 2 heterocycles. The minimum Gasteiger partial charge on any atom is -0.309 e. The van der Waals surface area contributed by atoms with Gasteiger partial charge in [0.05, 0.1) is 0 Å². The van der Waals surface area contributed by atoms with Crippen LogP contribution in [0.25, 0.3) is 10.8 Å². The van der Waals surface area contributed by atoms with E-state index >= 15 is 0 Å². The number of hydrogen-bond acceptors (Lipinski definition) is 5. The Balaban J connectivity index is 2.12. The number of thiazole rings is 1. The van der Waals surface area contributed by atoms with Crippen molar-refractivity contribution in [3.63, 3.8) is 0 Å². The van der Waals surface area contributed by atoms with Gasteiger partial charge in [-0.05, 0) is 32.4 Å². The van der Waals surface area contributed by atoms with Crippen LogP contribution in [0.1, 0.15) is 36.8 Å². The molecule has 0 aliphatic carbocycles. The van der Waals surface area contributed by atoms with E-state index < -0.39 is 0 Å². The molecule has 2 aromatic heterocycles. The van der Waals surface area contributed by atoms with Crippen molar-refractivity contribution < 1.29 is 0 Å². The summed E-state index contributed by atoms with van der Waals surface area (Å²) in [6.45, 7) is 7.32. The molecule has 96 valence electrons. The first kappa shape index (κ1) is 13.1. The maximum Gasteiger partial charge on any atom is 0.188 e. The molecule has 2 aromatic rings. The van der Waals surface area contributed by atoms with Crippen LogP contribution in [0, 0.1) is 6.92 Å². The van der Waals surface area contributed by atoms with Crippen molar-refractivity contribution in [2.24, 2.45) is 0 Å². The van der Waals surface area contributed by atoms with E-state index in [0.717, 1.165) is 23.5 Å². The third-order valence-corrected chi connectivity index (χ3v) is 3.80. The minimum atomic E-state index is 0.335. The number of nitrogens with zero attached hydrogens (tertiary/aromatic N) is 3. The largest absolute Gasteiger partial charge is 0.309 e. The van der Waals surface area contributed by atoms with Crippen molar-refractivity contribution in [3.05, 3.63) is 29.0 Å². The Morgan fingerprint density at radius 1 is 1.22 bits per heavy atom. The summed E-state index contributed by atoms with van der Waals surface area (Å²) in [5.41, 5.74) is 1.06. The average Bonchev–Trinajstić information content (AvgIpc) is 2.86. The minimum absolute atomic E-state index is 0.335. The van der Waals surface area contributed by atoms with Crippen molar-refractivity contribution in [3.8, 4) is 10.8 Å². The average molecular weight is 262 g/mol. The highest BCUT2D eigenvalue weighted by atomic mass is 32.1. The van der Waals surface area contributed by atoms with Gasteiger partial charge in [0, 0.05) is 29.5 Å². The fourth-order valence-electron chi connectivity index (χ4n) is 1.55. The molecular weight excluding hydrogens is 244 g/mol. The second kappa shape index (κ2) is 6.02. The van der Waals surface area contributed by atoms with E-state index in [-0.39, 0.29) is 0 Å². The summed E-state index contributed by atoms with van der Waals surface area (Å²) in [7, 11) is 0. The third-order valence-electron chi connectivity index (χ3n) is 2.62. The fraction of sp³-hybridized carbons (Fsp3) is 0.462. The van der Waals surface area contributed by atoms with Crippen LogP contribution in [0.15, 0.2) is 18.6 Å². The first-order valence-electron chi connectivity index (χ1n) is 6.19. The predicted molar refractivity (Wildman–Crippen MR) is 74.6 cm³/mol. The molecule has 0 aliphatic heterocycles. The maximum absolute atomic E-state index is 4.40. The normalized spacial score (nSPS) is 12.6. The third kappa shape index (κ3) is 3.11. The van der Waals surface area contributed by atoms with Gasteiger partial charge < -0.3 is 5.32 Å². The summed E-state index contributed by atoms with van der Waals surface area (Å²) in [6.07, 6.45) is 6.69. The van der Waals surface area contributed by atoms with Gasteiger partial charge in [0.25, 0.3) is 0 Å². The number of rotatable bonds is 5. The zero-order valence-electron chi connectivity index (χ0n) is 11.0. The van der Waals surface area contributed by atoms with Gasteiger partial charge >= 0.3 is 0 Å². The molecule has 1 atom stereocenters. The molecule has 0 aromatic carbocycles. The molecule has 0 fully saturated rings. The monoisotopic (exact) mass is 262 g/mol. The maximum atomic E-state index is 4.40. The molecule has 0 spiro atoms. The van der Waals surface area contributed by atoms with Crippen LogP contribution in [-0.4, -0.2) is 21.5 Å². The fourth-order valence-corrected chi connectivity index (χ4v) is 2.45. The van der Waals surface area contributed by atoms with Gasteiger partial charge in [-0.15, -0.1) is 11.3 Å². The first-order valence-corrected chi connectivity index (χ1v) is 7.00. The van der Waals surface area contributed by atoms with Crippen LogP contribution >= 0.6 is 11.3 Å². The summed E-state index contributed by atoms with van der Waals surface area (Å²) >= 11 is 1.65. The Kier molecular flexibility index (Phi) is 4.38. The zero-order chi connectivity index (χ0) is 13.0. The van der Waals surface area contributed by atoms with Crippen molar-refractivity contribution in [2.45, 2.75) is 33.2 Å². The molecule has 0 amide bonds. The Labute approximate surface area is 112 Å². The quantitative estimate of drug-likeness (QED) is 0.900. The van der Waals surface area contributed by atoms with Crippen LogP contribution in [0.4, 0.5) is 0 Å². The molecule has 1 unspecified atom stereocenters. The van der Waals surface area contributed by atoms with Gasteiger partial charge in [0.2, 0.25) is 0 Å². The molecule has 18 heavy (non-hydrogen) atoms. The predicted octanol–water partition coefficient (Wildman–Crippen LogP) is 2.97.